The zero-order chi connectivity index (χ0) is 15.4. The van der Waals surface area contributed by atoms with Crippen LogP contribution in [0, 0.1) is 13.8 Å². The first-order valence-electron chi connectivity index (χ1n) is 6.79. The molecule has 1 unspecified atom stereocenters. The molecule has 1 aliphatic heterocycles. The molecule has 0 aromatic carbocycles. The summed E-state index contributed by atoms with van der Waals surface area (Å²) in [4.78, 5) is 28.8. The van der Waals surface area contributed by atoms with Crippen LogP contribution in [0.25, 0.3) is 0 Å². The number of aryl methyl sites for hydroxylation is 2. The number of morpholine rings is 1. The molecule has 2 heterocycles. The summed E-state index contributed by atoms with van der Waals surface area (Å²) >= 11 is 0. The number of pyridine rings is 1. The standard InChI is InChI=1S/C14H19N3O4/c1-9-3-4-12(10(2)15-9)16-14(20)17-5-6-21-11(8-17)7-13(18)19/h3-4,11H,5-8H2,1-2H3,(H,16,20)(H,18,19). The first kappa shape index (κ1) is 15.2. The minimum Gasteiger partial charge on any atom is -0.481 e. The van der Waals surface area contributed by atoms with E-state index < -0.39 is 12.1 Å². The summed E-state index contributed by atoms with van der Waals surface area (Å²) in [6.07, 6.45) is -0.561. The van der Waals surface area contributed by atoms with Crippen molar-refractivity contribution in [3.8, 4) is 0 Å². The van der Waals surface area contributed by atoms with E-state index in [1.165, 1.54) is 0 Å². The van der Waals surface area contributed by atoms with Crippen LogP contribution in [0.3, 0.4) is 0 Å². The second kappa shape index (κ2) is 6.53. The lowest BCUT2D eigenvalue weighted by molar-refractivity contribution is -0.141. The first-order valence-corrected chi connectivity index (χ1v) is 6.79. The highest BCUT2D eigenvalue weighted by Gasteiger charge is 2.26. The number of anilines is 1. The molecule has 1 fully saturated rings. The van der Waals surface area contributed by atoms with Crippen LogP contribution >= 0.6 is 0 Å². The van der Waals surface area contributed by atoms with Crippen molar-refractivity contribution < 1.29 is 19.4 Å². The molecule has 21 heavy (non-hydrogen) atoms. The van der Waals surface area contributed by atoms with E-state index in [-0.39, 0.29) is 19.0 Å². The summed E-state index contributed by atoms with van der Waals surface area (Å²) in [5.74, 6) is -0.930. The third-order valence-electron chi connectivity index (χ3n) is 3.29. The van der Waals surface area contributed by atoms with Crippen molar-refractivity contribution in [2.75, 3.05) is 25.0 Å². The van der Waals surface area contributed by atoms with E-state index in [0.717, 1.165) is 11.4 Å². The minimum atomic E-state index is -0.930. The van der Waals surface area contributed by atoms with Gasteiger partial charge in [0.1, 0.15) is 0 Å². The van der Waals surface area contributed by atoms with E-state index in [2.05, 4.69) is 10.3 Å². The van der Waals surface area contributed by atoms with Gasteiger partial charge in [-0.05, 0) is 26.0 Å². The molecule has 0 radical (unpaired) electrons. The Kier molecular flexibility index (Phi) is 4.74. The quantitative estimate of drug-likeness (QED) is 0.879. The number of urea groups is 1. The van der Waals surface area contributed by atoms with Crippen molar-refractivity contribution in [2.24, 2.45) is 0 Å². The smallest absolute Gasteiger partial charge is 0.322 e. The number of carbonyl (C=O) groups excluding carboxylic acids is 1. The van der Waals surface area contributed by atoms with E-state index in [4.69, 9.17) is 9.84 Å². The van der Waals surface area contributed by atoms with Gasteiger partial charge in [-0.3, -0.25) is 9.78 Å². The Labute approximate surface area is 122 Å². The van der Waals surface area contributed by atoms with E-state index in [0.29, 0.717) is 18.8 Å². The van der Waals surface area contributed by atoms with Crippen molar-refractivity contribution in [3.63, 3.8) is 0 Å². The molecule has 7 heteroatoms. The Morgan fingerprint density at radius 3 is 2.90 bits per heavy atom. The molecule has 1 aromatic heterocycles. The van der Waals surface area contributed by atoms with E-state index in [9.17, 15) is 9.59 Å². The number of hydrogen-bond acceptors (Lipinski definition) is 4. The summed E-state index contributed by atoms with van der Waals surface area (Å²) in [5, 5.41) is 11.6. The van der Waals surface area contributed by atoms with E-state index in [1.54, 1.807) is 4.90 Å². The predicted molar refractivity (Wildman–Crippen MR) is 76.3 cm³/mol. The van der Waals surface area contributed by atoms with Gasteiger partial charge in [-0.1, -0.05) is 0 Å². The van der Waals surface area contributed by atoms with E-state index in [1.807, 2.05) is 26.0 Å². The lowest BCUT2D eigenvalue weighted by atomic mass is 10.2. The van der Waals surface area contributed by atoms with E-state index >= 15 is 0 Å². The maximum absolute atomic E-state index is 12.2. The van der Waals surface area contributed by atoms with Crippen LogP contribution in [-0.4, -0.2) is 52.8 Å². The maximum Gasteiger partial charge on any atom is 0.322 e. The second-order valence-electron chi connectivity index (χ2n) is 5.05. The minimum absolute atomic E-state index is 0.102. The number of hydrogen-bond donors (Lipinski definition) is 2. The Balaban J connectivity index is 1.97. The van der Waals surface area contributed by atoms with Crippen LogP contribution in [0.5, 0.6) is 0 Å². The summed E-state index contributed by atoms with van der Waals surface area (Å²) in [6, 6.07) is 3.38. The lowest BCUT2D eigenvalue weighted by Crippen LogP contribution is -2.48. The van der Waals surface area contributed by atoms with Gasteiger partial charge in [0.2, 0.25) is 0 Å². The fraction of sp³-hybridized carbons (Fsp3) is 0.500. The molecule has 0 saturated carbocycles. The van der Waals surface area contributed by atoms with Gasteiger partial charge in [-0.25, -0.2) is 4.79 Å². The van der Waals surface area contributed by atoms with Gasteiger partial charge in [0.25, 0.3) is 0 Å². The van der Waals surface area contributed by atoms with Gasteiger partial charge in [-0.15, -0.1) is 0 Å². The number of nitrogens with zero attached hydrogens (tertiary/aromatic N) is 2. The van der Waals surface area contributed by atoms with Crippen LogP contribution in [0.1, 0.15) is 17.8 Å². The zero-order valence-electron chi connectivity index (χ0n) is 12.1. The summed E-state index contributed by atoms with van der Waals surface area (Å²) in [6.45, 7) is 4.78. The maximum atomic E-state index is 12.2. The fourth-order valence-electron chi connectivity index (χ4n) is 2.23. The summed E-state index contributed by atoms with van der Waals surface area (Å²) in [7, 11) is 0. The third-order valence-corrected chi connectivity index (χ3v) is 3.29. The van der Waals surface area contributed by atoms with Crippen LogP contribution in [-0.2, 0) is 9.53 Å². The number of carboxylic acid groups (broad SMARTS) is 1. The molecule has 1 saturated heterocycles. The Bertz CT molecular complexity index is 547. The molecule has 1 aromatic rings. The van der Waals surface area contributed by atoms with Gasteiger partial charge in [0, 0.05) is 18.8 Å². The van der Waals surface area contributed by atoms with Crippen LogP contribution in [0.4, 0.5) is 10.5 Å². The molecule has 0 aliphatic carbocycles. The monoisotopic (exact) mass is 293 g/mol. The molecule has 114 valence electrons. The Hall–Kier alpha value is -2.15. The number of ether oxygens (including phenoxy) is 1. The highest BCUT2D eigenvalue weighted by molar-refractivity contribution is 5.90. The zero-order valence-corrected chi connectivity index (χ0v) is 12.1. The van der Waals surface area contributed by atoms with Crippen LogP contribution < -0.4 is 5.32 Å². The average Bonchev–Trinajstić information content (AvgIpc) is 2.41. The molecule has 1 aliphatic rings. The molecule has 2 rings (SSSR count). The first-order chi connectivity index (χ1) is 9.95. The largest absolute Gasteiger partial charge is 0.481 e. The average molecular weight is 293 g/mol. The molecular weight excluding hydrogens is 274 g/mol. The highest BCUT2D eigenvalue weighted by atomic mass is 16.5. The normalized spacial score (nSPS) is 18.4. The Morgan fingerprint density at radius 2 is 2.24 bits per heavy atom. The number of aromatic nitrogens is 1. The fourth-order valence-corrected chi connectivity index (χ4v) is 2.23. The van der Waals surface area contributed by atoms with Crippen molar-refractivity contribution >= 4 is 17.7 Å². The summed E-state index contributed by atoms with van der Waals surface area (Å²) in [5.41, 5.74) is 2.30. The number of carboxylic acids is 1. The van der Waals surface area contributed by atoms with Crippen molar-refractivity contribution in [1.29, 1.82) is 0 Å². The van der Waals surface area contributed by atoms with Crippen LogP contribution in [0.2, 0.25) is 0 Å². The topological polar surface area (TPSA) is 91.8 Å². The predicted octanol–water partition coefficient (Wildman–Crippen LogP) is 1.41. The van der Waals surface area contributed by atoms with Crippen molar-refractivity contribution in [2.45, 2.75) is 26.4 Å². The second-order valence-corrected chi connectivity index (χ2v) is 5.05. The summed E-state index contributed by atoms with van der Waals surface area (Å²) < 4.78 is 5.34. The molecule has 7 nitrogen and oxygen atoms in total. The molecular formula is C14H19N3O4. The molecule has 0 bridgehead atoms. The Morgan fingerprint density at radius 1 is 1.48 bits per heavy atom. The third kappa shape index (κ3) is 4.16. The number of rotatable bonds is 3. The van der Waals surface area contributed by atoms with Crippen LogP contribution in [0.15, 0.2) is 12.1 Å². The SMILES string of the molecule is Cc1ccc(NC(=O)N2CCOC(CC(=O)O)C2)c(C)n1. The van der Waals surface area contributed by atoms with Gasteiger partial charge in [0.05, 0.1) is 30.5 Å². The number of nitrogens with one attached hydrogen (secondary N) is 1. The highest BCUT2D eigenvalue weighted by Crippen LogP contribution is 2.15. The number of aliphatic carboxylic acids is 1. The van der Waals surface area contributed by atoms with Gasteiger partial charge < -0.3 is 20.1 Å². The molecule has 2 amide bonds. The molecule has 0 spiro atoms. The number of carbonyl (C=O) groups is 2. The lowest BCUT2D eigenvalue weighted by Gasteiger charge is -2.32. The van der Waals surface area contributed by atoms with Crippen molar-refractivity contribution in [3.05, 3.63) is 23.5 Å². The molecule has 1 atom stereocenters. The van der Waals surface area contributed by atoms with Gasteiger partial charge in [-0.2, -0.15) is 0 Å². The van der Waals surface area contributed by atoms with Crippen molar-refractivity contribution in [1.82, 2.24) is 9.88 Å². The van der Waals surface area contributed by atoms with Gasteiger partial charge in [0.15, 0.2) is 0 Å². The number of amides is 2. The molecule has 2 N–H and O–H groups in total. The van der Waals surface area contributed by atoms with Gasteiger partial charge >= 0.3 is 12.0 Å².